The smallest absolute Gasteiger partial charge is 0.243 e. The van der Waals surface area contributed by atoms with Gasteiger partial charge in [0.15, 0.2) is 0 Å². The Balaban J connectivity index is 1.35. The van der Waals surface area contributed by atoms with Crippen LogP contribution in [0.25, 0.3) is 10.9 Å². The van der Waals surface area contributed by atoms with E-state index in [9.17, 15) is 19.2 Å². The molecule has 1 aromatic heterocycles. The number of nitrogens with two attached hydrogens (primary N) is 1. The van der Waals surface area contributed by atoms with Gasteiger partial charge in [-0.25, -0.2) is 0 Å². The minimum absolute atomic E-state index is 0.202. The molecule has 0 spiro atoms. The minimum Gasteiger partial charge on any atom is -0.368 e. The van der Waals surface area contributed by atoms with Crippen molar-refractivity contribution in [3.05, 3.63) is 71.9 Å². The largest absolute Gasteiger partial charge is 0.368 e. The Labute approximate surface area is 190 Å². The first-order valence-corrected chi connectivity index (χ1v) is 10.7. The maximum Gasteiger partial charge on any atom is 0.243 e. The second-order valence-corrected chi connectivity index (χ2v) is 8.10. The number of nitrogens with one attached hydrogen (secondary N) is 4. The Morgan fingerprint density at radius 1 is 0.939 bits per heavy atom. The van der Waals surface area contributed by atoms with Crippen LogP contribution in [0.5, 0.6) is 0 Å². The highest BCUT2D eigenvalue weighted by atomic mass is 16.2. The van der Waals surface area contributed by atoms with Crippen molar-refractivity contribution < 1.29 is 19.2 Å². The molecular formula is C24H25N5O4. The summed E-state index contributed by atoms with van der Waals surface area (Å²) in [5, 5.41) is 8.81. The minimum atomic E-state index is -1.02. The van der Waals surface area contributed by atoms with E-state index in [2.05, 4.69) is 20.9 Å². The van der Waals surface area contributed by atoms with Crippen LogP contribution < -0.4 is 21.7 Å². The molecule has 170 valence electrons. The molecule has 1 fully saturated rings. The molecule has 0 radical (unpaired) electrons. The molecule has 0 aliphatic carbocycles. The van der Waals surface area contributed by atoms with Gasteiger partial charge in [0.1, 0.15) is 18.1 Å². The van der Waals surface area contributed by atoms with Crippen molar-refractivity contribution in [3.8, 4) is 0 Å². The van der Waals surface area contributed by atoms with Crippen LogP contribution in [-0.4, -0.2) is 46.7 Å². The molecule has 2 heterocycles. The van der Waals surface area contributed by atoms with Crippen LogP contribution in [0.2, 0.25) is 0 Å². The molecule has 0 unspecified atom stereocenters. The highest BCUT2D eigenvalue weighted by Gasteiger charge is 2.35. The van der Waals surface area contributed by atoms with E-state index in [4.69, 9.17) is 5.73 Å². The predicted molar refractivity (Wildman–Crippen MR) is 122 cm³/mol. The standard InChI is InChI=1S/C24H25N5O4/c25-22(31)18(11-15-13-26-17-9-5-4-8-16(15)17)27-21(30)12-20-24(33)28-19(23(32)29-20)10-14-6-2-1-3-7-14/h1-9,13,18-20,26H,10-12H2,(H2,25,31)(H,27,30)(H,28,33)(H,29,32)/t18-,19-,20-/m0/s1. The summed E-state index contributed by atoms with van der Waals surface area (Å²) < 4.78 is 0. The average molecular weight is 447 g/mol. The van der Waals surface area contributed by atoms with Crippen molar-refractivity contribution >= 4 is 34.5 Å². The number of H-pyrrole nitrogens is 1. The number of para-hydroxylation sites is 1. The molecule has 1 aliphatic rings. The normalized spacial score (nSPS) is 18.9. The molecule has 1 aliphatic heterocycles. The van der Waals surface area contributed by atoms with Crippen LogP contribution in [0.1, 0.15) is 17.5 Å². The van der Waals surface area contributed by atoms with Gasteiger partial charge in [-0.15, -0.1) is 0 Å². The Hall–Kier alpha value is -4.14. The van der Waals surface area contributed by atoms with Crippen LogP contribution in [0.15, 0.2) is 60.8 Å². The lowest BCUT2D eigenvalue weighted by atomic mass is 10.0. The van der Waals surface area contributed by atoms with Crippen molar-refractivity contribution in [1.29, 1.82) is 0 Å². The highest BCUT2D eigenvalue weighted by Crippen LogP contribution is 2.19. The maximum atomic E-state index is 12.6. The lowest BCUT2D eigenvalue weighted by molar-refractivity contribution is -0.138. The Morgan fingerprint density at radius 3 is 2.36 bits per heavy atom. The van der Waals surface area contributed by atoms with Crippen molar-refractivity contribution in [2.24, 2.45) is 5.73 Å². The van der Waals surface area contributed by atoms with Crippen LogP contribution in [-0.2, 0) is 32.0 Å². The van der Waals surface area contributed by atoms with E-state index >= 15 is 0 Å². The van der Waals surface area contributed by atoms with Crippen LogP contribution in [0.3, 0.4) is 0 Å². The SMILES string of the molecule is NC(=O)[C@H](Cc1c[nH]c2ccccc12)NC(=O)C[C@@H]1NC(=O)[C@H](Cc2ccccc2)NC1=O. The molecule has 3 aromatic rings. The van der Waals surface area contributed by atoms with Gasteiger partial charge in [-0.05, 0) is 17.2 Å². The Morgan fingerprint density at radius 2 is 1.61 bits per heavy atom. The number of carbonyl (C=O) groups excluding carboxylic acids is 4. The third kappa shape index (κ3) is 5.20. The van der Waals surface area contributed by atoms with Gasteiger partial charge in [0.05, 0.1) is 6.42 Å². The molecule has 0 saturated carbocycles. The molecule has 3 atom stereocenters. The first-order chi connectivity index (χ1) is 15.9. The first-order valence-electron chi connectivity index (χ1n) is 10.7. The fourth-order valence-electron chi connectivity index (χ4n) is 3.99. The third-order valence-corrected chi connectivity index (χ3v) is 5.72. The van der Waals surface area contributed by atoms with Crippen molar-refractivity contribution in [2.45, 2.75) is 37.4 Å². The zero-order valence-electron chi connectivity index (χ0n) is 17.8. The van der Waals surface area contributed by atoms with Gasteiger partial charge in [0.25, 0.3) is 0 Å². The summed E-state index contributed by atoms with van der Waals surface area (Å²) in [5.41, 5.74) is 8.17. The van der Waals surface area contributed by atoms with Crippen LogP contribution >= 0.6 is 0 Å². The molecule has 0 bridgehead atoms. The lowest BCUT2D eigenvalue weighted by Crippen LogP contribution is -2.63. The van der Waals surface area contributed by atoms with Crippen LogP contribution in [0.4, 0.5) is 0 Å². The summed E-state index contributed by atoms with van der Waals surface area (Å²) in [4.78, 5) is 52.6. The number of aromatic amines is 1. The number of benzene rings is 2. The highest BCUT2D eigenvalue weighted by molar-refractivity contribution is 5.99. The summed E-state index contributed by atoms with van der Waals surface area (Å²) >= 11 is 0. The van der Waals surface area contributed by atoms with Gasteiger partial charge in [-0.3, -0.25) is 19.2 Å². The second kappa shape index (κ2) is 9.56. The number of aromatic nitrogens is 1. The second-order valence-electron chi connectivity index (χ2n) is 8.10. The van der Waals surface area contributed by atoms with E-state index in [1.54, 1.807) is 6.20 Å². The summed E-state index contributed by atoms with van der Waals surface area (Å²) in [7, 11) is 0. The van der Waals surface area contributed by atoms with E-state index in [1.165, 1.54) is 0 Å². The number of fused-ring (bicyclic) bond motifs is 1. The van der Waals surface area contributed by atoms with E-state index in [1.807, 2.05) is 54.6 Å². The number of carbonyl (C=O) groups is 4. The molecular weight excluding hydrogens is 422 g/mol. The van der Waals surface area contributed by atoms with Gasteiger partial charge < -0.3 is 26.7 Å². The molecule has 2 aromatic carbocycles. The quantitative estimate of drug-likeness (QED) is 0.338. The van der Waals surface area contributed by atoms with Crippen molar-refractivity contribution in [2.75, 3.05) is 0 Å². The van der Waals surface area contributed by atoms with Gasteiger partial charge in [-0.2, -0.15) is 0 Å². The number of amides is 4. The fraction of sp³-hybridized carbons (Fsp3) is 0.250. The monoisotopic (exact) mass is 447 g/mol. The van der Waals surface area contributed by atoms with Gasteiger partial charge in [-0.1, -0.05) is 48.5 Å². The Bertz CT molecular complexity index is 1190. The van der Waals surface area contributed by atoms with Gasteiger partial charge in [0.2, 0.25) is 23.6 Å². The zero-order valence-corrected chi connectivity index (χ0v) is 17.8. The number of rotatable bonds is 8. The zero-order chi connectivity index (χ0) is 23.4. The van der Waals surface area contributed by atoms with Gasteiger partial charge in [0, 0.05) is 29.9 Å². The van der Waals surface area contributed by atoms with E-state index in [-0.39, 0.29) is 18.7 Å². The molecule has 6 N–H and O–H groups in total. The number of hydrogen-bond acceptors (Lipinski definition) is 4. The summed E-state index contributed by atoms with van der Waals surface area (Å²) in [6, 6.07) is 14.2. The maximum absolute atomic E-state index is 12.6. The van der Waals surface area contributed by atoms with Crippen molar-refractivity contribution in [1.82, 2.24) is 20.9 Å². The lowest BCUT2D eigenvalue weighted by Gasteiger charge is -2.29. The first kappa shape index (κ1) is 22.1. The van der Waals surface area contributed by atoms with E-state index in [0.717, 1.165) is 22.0 Å². The molecule has 1 saturated heterocycles. The molecule has 4 amide bonds. The number of primary amides is 1. The summed E-state index contributed by atoms with van der Waals surface area (Å²) in [6.45, 7) is 0. The summed E-state index contributed by atoms with van der Waals surface area (Å²) in [5.74, 6) is -2.05. The van der Waals surface area contributed by atoms with Crippen molar-refractivity contribution in [3.63, 3.8) is 0 Å². The Kier molecular flexibility index (Phi) is 6.39. The molecule has 33 heavy (non-hydrogen) atoms. The van der Waals surface area contributed by atoms with Gasteiger partial charge >= 0.3 is 0 Å². The predicted octanol–water partition coefficient (Wildman–Crippen LogP) is 0.297. The molecule has 4 rings (SSSR count). The van der Waals surface area contributed by atoms with Crippen LogP contribution in [0, 0.1) is 0 Å². The number of hydrogen-bond donors (Lipinski definition) is 5. The average Bonchev–Trinajstić information content (AvgIpc) is 3.20. The molecule has 9 nitrogen and oxygen atoms in total. The van der Waals surface area contributed by atoms with E-state index in [0.29, 0.717) is 6.42 Å². The van der Waals surface area contributed by atoms with E-state index < -0.39 is 35.8 Å². The topological polar surface area (TPSA) is 146 Å². The number of piperazine rings is 1. The third-order valence-electron chi connectivity index (χ3n) is 5.72. The molecule has 9 heteroatoms. The fourth-order valence-corrected chi connectivity index (χ4v) is 3.99. The summed E-state index contributed by atoms with van der Waals surface area (Å²) in [6.07, 6.45) is 2.03.